The Labute approximate surface area is 119 Å². The van der Waals surface area contributed by atoms with Crippen LogP contribution in [0.15, 0.2) is 24.3 Å². The third-order valence-corrected chi connectivity index (χ3v) is 3.75. The quantitative estimate of drug-likeness (QED) is 0.824. The summed E-state index contributed by atoms with van der Waals surface area (Å²) in [4.78, 5) is 13.4. The van der Waals surface area contributed by atoms with Crippen LogP contribution in [0.1, 0.15) is 23.2 Å². The van der Waals surface area contributed by atoms with Crippen LogP contribution in [0.2, 0.25) is 0 Å². The fourth-order valence-electron chi connectivity index (χ4n) is 2.50. The first-order chi connectivity index (χ1) is 9.68. The molecule has 1 aromatic rings. The lowest BCUT2D eigenvalue weighted by molar-refractivity contribution is 0.0691. The van der Waals surface area contributed by atoms with Gasteiger partial charge in [-0.15, -0.1) is 0 Å². The molecule has 0 aliphatic carbocycles. The van der Waals surface area contributed by atoms with Crippen LogP contribution >= 0.6 is 0 Å². The second-order valence-corrected chi connectivity index (χ2v) is 5.11. The van der Waals surface area contributed by atoms with E-state index in [2.05, 4.69) is 17.3 Å². The van der Waals surface area contributed by atoms with Crippen molar-refractivity contribution in [2.45, 2.75) is 18.9 Å². The molecule has 2 rings (SSSR count). The van der Waals surface area contributed by atoms with E-state index < -0.39 is 5.97 Å². The number of carbonyl (C=O) groups is 1. The van der Waals surface area contributed by atoms with Gasteiger partial charge in [0, 0.05) is 12.6 Å². The van der Waals surface area contributed by atoms with Gasteiger partial charge in [0.1, 0.15) is 17.9 Å². The van der Waals surface area contributed by atoms with E-state index in [1.54, 1.807) is 24.3 Å². The van der Waals surface area contributed by atoms with Gasteiger partial charge < -0.3 is 15.2 Å². The Hall–Kier alpha value is -1.59. The van der Waals surface area contributed by atoms with Gasteiger partial charge in [-0.1, -0.05) is 12.1 Å². The second-order valence-electron chi connectivity index (χ2n) is 5.11. The number of ether oxygens (including phenoxy) is 1. The molecule has 110 valence electrons. The third kappa shape index (κ3) is 3.95. The van der Waals surface area contributed by atoms with E-state index >= 15 is 0 Å². The number of hydrogen-bond acceptors (Lipinski definition) is 4. The van der Waals surface area contributed by atoms with Crippen LogP contribution in [0.4, 0.5) is 0 Å². The monoisotopic (exact) mass is 278 g/mol. The molecule has 0 spiro atoms. The third-order valence-electron chi connectivity index (χ3n) is 3.75. The Bertz CT molecular complexity index is 444. The first-order valence-corrected chi connectivity index (χ1v) is 7.04. The van der Waals surface area contributed by atoms with Crippen molar-refractivity contribution in [1.29, 1.82) is 0 Å². The molecule has 5 heteroatoms. The second kappa shape index (κ2) is 7.26. The van der Waals surface area contributed by atoms with Gasteiger partial charge in [0.05, 0.1) is 0 Å². The molecule has 0 aromatic heterocycles. The standard InChI is InChI=1S/C15H22N2O3/c1-17(12-6-8-16-9-7-12)10-11-20-14-5-3-2-4-13(14)15(18)19/h2-5,12,16H,6-11H2,1H3,(H,18,19). The zero-order valence-electron chi connectivity index (χ0n) is 11.8. The number of benzene rings is 1. The molecule has 20 heavy (non-hydrogen) atoms. The molecule has 0 bridgehead atoms. The van der Waals surface area contributed by atoms with Crippen molar-refractivity contribution in [1.82, 2.24) is 10.2 Å². The molecule has 0 amide bonds. The van der Waals surface area contributed by atoms with E-state index in [0.717, 1.165) is 32.5 Å². The number of piperidine rings is 1. The number of para-hydroxylation sites is 1. The molecule has 1 heterocycles. The van der Waals surface area contributed by atoms with Crippen molar-refractivity contribution in [2.24, 2.45) is 0 Å². The van der Waals surface area contributed by atoms with Crippen molar-refractivity contribution in [2.75, 3.05) is 33.3 Å². The Morgan fingerprint density at radius 3 is 2.80 bits per heavy atom. The summed E-state index contributed by atoms with van der Waals surface area (Å²) in [5.41, 5.74) is 0.219. The number of nitrogens with zero attached hydrogens (tertiary/aromatic N) is 1. The summed E-state index contributed by atoms with van der Waals surface area (Å²) < 4.78 is 5.62. The molecule has 0 atom stereocenters. The fourth-order valence-corrected chi connectivity index (χ4v) is 2.50. The first kappa shape index (κ1) is 14.8. The predicted molar refractivity (Wildman–Crippen MR) is 77.4 cm³/mol. The van der Waals surface area contributed by atoms with E-state index in [1.165, 1.54) is 0 Å². The Kier molecular flexibility index (Phi) is 5.38. The highest BCUT2D eigenvalue weighted by Gasteiger charge is 2.17. The van der Waals surface area contributed by atoms with Crippen molar-refractivity contribution in [3.8, 4) is 5.75 Å². The summed E-state index contributed by atoms with van der Waals surface area (Å²) in [5.74, 6) is -0.508. The summed E-state index contributed by atoms with van der Waals surface area (Å²) in [6.45, 7) is 3.44. The van der Waals surface area contributed by atoms with Gasteiger partial charge in [-0.2, -0.15) is 0 Å². The van der Waals surface area contributed by atoms with Gasteiger partial charge in [0.25, 0.3) is 0 Å². The van der Waals surface area contributed by atoms with Crippen molar-refractivity contribution in [3.63, 3.8) is 0 Å². The molecule has 0 unspecified atom stereocenters. The van der Waals surface area contributed by atoms with Gasteiger partial charge >= 0.3 is 5.97 Å². The topological polar surface area (TPSA) is 61.8 Å². The molecule has 1 aliphatic rings. The Balaban J connectivity index is 1.82. The SMILES string of the molecule is CN(CCOc1ccccc1C(=O)O)C1CCNCC1. The highest BCUT2D eigenvalue weighted by Crippen LogP contribution is 2.18. The zero-order chi connectivity index (χ0) is 14.4. The van der Waals surface area contributed by atoms with E-state index in [9.17, 15) is 4.79 Å². The Morgan fingerprint density at radius 1 is 1.40 bits per heavy atom. The van der Waals surface area contributed by atoms with Gasteiger partial charge in [-0.05, 0) is 45.1 Å². The molecule has 1 aliphatic heterocycles. The van der Waals surface area contributed by atoms with Gasteiger partial charge in [-0.25, -0.2) is 4.79 Å². The molecule has 1 saturated heterocycles. The van der Waals surface area contributed by atoms with Crippen LogP contribution in [-0.4, -0.2) is 55.3 Å². The molecule has 5 nitrogen and oxygen atoms in total. The fraction of sp³-hybridized carbons (Fsp3) is 0.533. The molecule has 0 radical (unpaired) electrons. The summed E-state index contributed by atoms with van der Waals surface area (Å²) >= 11 is 0. The van der Waals surface area contributed by atoms with Gasteiger partial charge in [0.15, 0.2) is 0 Å². The number of carboxylic acid groups (broad SMARTS) is 1. The number of nitrogens with one attached hydrogen (secondary N) is 1. The highest BCUT2D eigenvalue weighted by molar-refractivity contribution is 5.90. The van der Waals surface area contributed by atoms with E-state index in [0.29, 0.717) is 18.4 Å². The number of rotatable bonds is 6. The first-order valence-electron chi connectivity index (χ1n) is 7.04. The molecular formula is C15H22N2O3. The largest absolute Gasteiger partial charge is 0.491 e. The maximum absolute atomic E-state index is 11.1. The minimum absolute atomic E-state index is 0.219. The number of carboxylic acids is 1. The lowest BCUT2D eigenvalue weighted by Gasteiger charge is -2.31. The van der Waals surface area contributed by atoms with Gasteiger partial charge in [0.2, 0.25) is 0 Å². The van der Waals surface area contributed by atoms with Crippen LogP contribution < -0.4 is 10.1 Å². The summed E-state index contributed by atoms with van der Waals surface area (Å²) in [6.07, 6.45) is 2.31. The van der Waals surface area contributed by atoms with E-state index in [4.69, 9.17) is 9.84 Å². The zero-order valence-corrected chi connectivity index (χ0v) is 11.8. The van der Waals surface area contributed by atoms with Crippen molar-refractivity contribution >= 4 is 5.97 Å². The predicted octanol–water partition coefficient (Wildman–Crippen LogP) is 1.45. The average molecular weight is 278 g/mol. The lowest BCUT2D eigenvalue weighted by atomic mass is 10.1. The van der Waals surface area contributed by atoms with E-state index in [-0.39, 0.29) is 5.56 Å². The Morgan fingerprint density at radius 2 is 2.10 bits per heavy atom. The summed E-state index contributed by atoms with van der Waals surface area (Å²) in [5, 5.41) is 12.4. The minimum atomic E-state index is -0.952. The molecule has 2 N–H and O–H groups in total. The van der Waals surface area contributed by atoms with Crippen LogP contribution in [0.5, 0.6) is 5.75 Å². The molecule has 1 aromatic carbocycles. The average Bonchev–Trinajstić information content (AvgIpc) is 2.48. The summed E-state index contributed by atoms with van der Waals surface area (Å²) in [7, 11) is 2.10. The van der Waals surface area contributed by atoms with E-state index in [1.807, 2.05) is 0 Å². The van der Waals surface area contributed by atoms with Crippen LogP contribution in [0.25, 0.3) is 0 Å². The molecule has 1 fully saturated rings. The van der Waals surface area contributed by atoms with Crippen molar-refractivity contribution in [3.05, 3.63) is 29.8 Å². The molecule has 0 saturated carbocycles. The van der Waals surface area contributed by atoms with Crippen LogP contribution in [0.3, 0.4) is 0 Å². The summed E-state index contributed by atoms with van der Waals surface area (Å²) in [6, 6.07) is 7.35. The minimum Gasteiger partial charge on any atom is -0.491 e. The molecular weight excluding hydrogens is 256 g/mol. The van der Waals surface area contributed by atoms with Crippen LogP contribution in [0, 0.1) is 0 Å². The highest BCUT2D eigenvalue weighted by atomic mass is 16.5. The maximum Gasteiger partial charge on any atom is 0.339 e. The maximum atomic E-state index is 11.1. The van der Waals surface area contributed by atoms with Crippen molar-refractivity contribution < 1.29 is 14.6 Å². The van der Waals surface area contributed by atoms with Crippen LogP contribution in [-0.2, 0) is 0 Å². The number of hydrogen-bond donors (Lipinski definition) is 2. The number of likely N-dealkylation sites (N-methyl/N-ethyl adjacent to an activating group) is 1. The normalized spacial score (nSPS) is 16.3. The smallest absolute Gasteiger partial charge is 0.339 e. The lowest BCUT2D eigenvalue weighted by Crippen LogP contribution is -2.42. The number of aromatic carboxylic acids is 1. The van der Waals surface area contributed by atoms with Gasteiger partial charge in [-0.3, -0.25) is 4.90 Å².